The molecule has 0 bridgehead atoms. The van der Waals surface area contributed by atoms with Gasteiger partial charge in [-0.3, -0.25) is 4.68 Å². The van der Waals surface area contributed by atoms with Gasteiger partial charge in [0.1, 0.15) is 0 Å². The van der Waals surface area contributed by atoms with Crippen molar-refractivity contribution in [1.29, 1.82) is 0 Å². The van der Waals surface area contributed by atoms with Crippen molar-refractivity contribution in [1.82, 2.24) is 15.0 Å². The van der Waals surface area contributed by atoms with E-state index in [-0.39, 0.29) is 12.1 Å². The molecule has 0 saturated carbocycles. The molecule has 5 heteroatoms. The number of hydrogen-bond acceptors (Lipinski definition) is 4. The van der Waals surface area contributed by atoms with Gasteiger partial charge in [0.25, 0.3) is 0 Å². The molecule has 14 heavy (non-hydrogen) atoms. The van der Waals surface area contributed by atoms with Gasteiger partial charge in [0.2, 0.25) is 0 Å². The standard InChI is InChI=1S/C9H16N4O/c1-6-3-4-14-9(6)8(10)7-5-11-12-13(7)2/h5-6,8-9H,3-4,10H2,1-2H3. The molecule has 5 nitrogen and oxygen atoms in total. The Morgan fingerprint density at radius 3 is 3.00 bits per heavy atom. The molecule has 0 spiro atoms. The quantitative estimate of drug-likeness (QED) is 0.735. The third-order valence-corrected chi connectivity index (χ3v) is 2.89. The van der Waals surface area contributed by atoms with Gasteiger partial charge in [-0.05, 0) is 12.3 Å². The third-order valence-electron chi connectivity index (χ3n) is 2.89. The van der Waals surface area contributed by atoms with E-state index in [2.05, 4.69) is 17.2 Å². The first-order valence-corrected chi connectivity index (χ1v) is 4.92. The van der Waals surface area contributed by atoms with Crippen LogP contribution in [0.5, 0.6) is 0 Å². The number of hydrogen-bond donors (Lipinski definition) is 1. The normalized spacial score (nSPS) is 29.4. The fraction of sp³-hybridized carbons (Fsp3) is 0.778. The van der Waals surface area contributed by atoms with Gasteiger partial charge in [-0.15, -0.1) is 5.10 Å². The van der Waals surface area contributed by atoms with Crippen LogP contribution in [0.2, 0.25) is 0 Å². The highest BCUT2D eigenvalue weighted by atomic mass is 16.5. The van der Waals surface area contributed by atoms with Crippen molar-refractivity contribution in [2.45, 2.75) is 25.5 Å². The zero-order chi connectivity index (χ0) is 10.1. The van der Waals surface area contributed by atoms with Gasteiger partial charge < -0.3 is 10.5 Å². The molecule has 1 fully saturated rings. The van der Waals surface area contributed by atoms with Crippen LogP contribution in [-0.2, 0) is 11.8 Å². The van der Waals surface area contributed by atoms with E-state index in [1.165, 1.54) is 0 Å². The highest BCUT2D eigenvalue weighted by Crippen LogP contribution is 2.28. The molecule has 1 aliphatic rings. The van der Waals surface area contributed by atoms with Gasteiger partial charge in [0.15, 0.2) is 0 Å². The number of ether oxygens (including phenoxy) is 1. The Hall–Kier alpha value is -0.940. The molecular weight excluding hydrogens is 180 g/mol. The molecule has 1 aromatic rings. The first kappa shape index (κ1) is 9.61. The zero-order valence-electron chi connectivity index (χ0n) is 8.55. The Kier molecular flexibility index (Phi) is 2.52. The summed E-state index contributed by atoms with van der Waals surface area (Å²) >= 11 is 0. The lowest BCUT2D eigenvalue weighted by atomic mass is 9.96. The zero-order valence-corrected chi connectivity index (χ0v) is 8.55. The molecule has 1 aliphatic heterocycles. The molecule has 0 aliphatic carbocycles. The molecule has 0 amide bonds. The fourth-order valence-electron chi connectivity index (χ4n) is 1.94. The van der Waals surface area contributed by atoms with Gasteiger partial charge in [-0.25, -0.2) is 0 Å². The molecule has 2 N–H and O–H groups in total. The van der Waals surface area contributed by atoms with Crippen molar-refractivity contribution in [3.05, 3.63) is 11.9 Å². The summed E-state index contributed by atoms with van der Waals surface area (Å²) in [5.41, 5.74) is 7.04. The SMILES string of the molecule is CC1CCOC1C(N)c1cnnn1C. The van der Waals surface area contributed by atoms with Crippen LogP contribution in [0.15, 0.2) is 6.20 Å². The largest absolute Gasteiger partial charge is 0.376 e. The van der Waals surface area contributed by atoms with E-state index in [1.807, 2.05) is 7.05 Å². The second-order valence-corrected chi connectivity index (χ2v) is 3.91. The number of aryl methyl sites for hydroxylation is 1. The van der Waals surface area contributed by atoms with Crippen LogP contribution >= 0.6 is 0 Å². The summed E-state index contributed by atoms with van der Waals surface area (Å²) in [6, 6.07) is -0.118. The van der Waals surface area contributed by atoms with Crippen LogP contribution in [0, 0.1) is 5.92 Å². The second kappa shape index (κ2) is 3.67. The van der Waals surface area contributed by atoms with Gasteiger partial charge in [0, 0.05) is 13.7 Å². The topological polar surface area (TPSA) is 66.0 Å². The Morgan fingerprint density at radius 2 is 2.50 bits per heavy atom. The summed E-state index contributed by atoms with van der Waals surface area (Å²) in [5.74, 6) is 0.514. The lowest BCUT2D eigenvalue weighted by Crippen LogP contribution is -2.31. The summed E-state index contributed by atoms with van der Waals surface area (Å²) in [7, 11) is 1.85. The maximum atomic E-state index is 6.11. The van der Waals surface area contributed by atoms with E-state index in [0.717, 1.165) is 18.7 Å². The monoisotopic (exact) mass is 196 g/mol. The summed E-state index contributed by atoms with van der Waals surface area (Å²) in [4.78, 5) is 0. The predicted molar refractivity (Wildman–Crippen MR) is 51.5 cm³/mol. The van der Waals surface area contributed by atoms with Crippen LogP contribution in [0.1, 0.15) is 25.1 Å². The number of aromatic nitrogens is 3. The van der Waals surface area contributed by atoms with Gasteiger partial charge in [-0.1, -0.05) is 12.1 Å². The van der Waals surface area contributed by atoms with Crippen LogP contribution < -0.4 is 5.73 Å². The average Bonchev–Trinajstić information content (AvgIpc) is 2.73. The lowest BCUT2D eigenvalue weighted by Gasteiger charge is -2.21. The van der Waals surface area contributed by atoms with Gasteiger partial charge in [-0.2, -0.15) is 0 Å². The molecule has 2 rings (SSSR count). The molecule has 0 aromatic carbocycles. The van der Waals surface area contributed by atoms with Crippen molar-refractivity contribution < 1.29 is 4.74 Å². The first-order valence-electron chi connectivity index (χ1n) is 4.92. The van der Waals surface area contributed by atoms with Crippen molar-refractivity contribution in [3.8, 4) is 0 Å². The molecule has 78 valence electrons. The van der Waals surface area contributed by atoms with Crippen LogP contribution in [0.4, 0.5) is 0 Å². The van der Waals surface area contributed by atoms with Crippen molar-refractivity contribution >= 4 is 0 Å². The summed E-state index contributed by atoms with van der Waals surface area (Å²) in [6.45, 7) is 2.98. The Bertz CT molecular complexity index is 312. The van der Waals surface area contributed by atoms with Crippen molar-refractivity contribution in [3.63, 3.8) is 0 Å². The molecule has 1 aromatic heterocycles. The molecule has 2 heterocycles. The smallest absolute Gasteiger partial charge is 0.0809 e. The molecular formula is C9H16N4O. The number of nitrogens with zero attached hydrogens (tertiary/aromatic N) is 3. The summed E-state index contributed by atoms with van der Waals surface area (Å²) in [6.07, 6.45) is 2.90. The van der Waals surface area contributed by atoms with Crippen LogP contribution in [0.3, 0.4) is 0 Å². The van der Waals surface area contributed by atoms with E-state index in [9.17, 15) is 0 Å². The van der Waals surface area contributed by atoms with E-state index >= 15 is 0 Å². The molecule has 0 radical (unpaired) electrons. The maximum absolute atomic E-state index is 6.11. The van der Waals surface area contributed by atoms with E-state index in [4.69, 9.17) is 10.5 Å². The minimum atomic E-state index is -0.118. The minimum absolute atomic E-state index is 0.104. The van der Waals surface area contributed by atoms with Crippen LogP contribution in [0.25, 0.3) is 0 Å². The minimum Gasteiger partial charge on any atom is -0.376 e. The van der Waals surface area contributed by atoms with E-state index in [1.54, 1.807) is 10.9 Å². The maximum Gasteiger partial charge on any atom is 0.0809 e. The summed E-state index contributed by atoms with van der Waals surface area (Å²) < 4.78 is 7.32. The number of rotatable bonds is 2. The highest BCUT2D eigenvalue weighted by Gasteiger charge is 2.32. The van der Waals surface area contributed by atoms with Crippen molar-refractivity contribution in [2.24, 2.45) is 18.7 Å². The molecule has 3 unspecified atom stereocenters. The van der Waals surface area contributed by atoms with Gasteiger partial charge >= 0.3 is 0 Å². The summed E-state index contributed by atoms with van der Waals surface area (Å²) in [5, 5.41) is 7.68. The second-order valence-electron chi connectivity index (χ2n) is 3.91. The van der Waals surface area contributed by atoms with Crippen molar-refractivity contribution in [2.75, 3.05) is 6.61 Å². The van der Waals surface area contributed by atoms with Crippen LogP contribution in [-0.4, -0.2) is 27.7 Å². The Labute approximate surface area is 83.2 Å². The number of nitrogens with two attached hydrogens (primary N) is 1. The first-order chi connectivity index (χ1) is 6.70. The molecule has 1 saturated heterocycles. The predicted octanol–water partition coefficient (Wildman–Crippen LogP) is 0.240. The Balaban J connectivity index is 2.15. The Morgan fingerprint density at radius 1 is 1.71 bits per heavy atom. The van der Waals surface area contributed by atoms with E-state index < -0.39 is 0 Å². The molecule has 3 atom stereocenters. The average molecular weight is 196 g/mol. The van der Waals surface area contributed by atoms with Gasteiger partial charge in [0.05, 0.1) is 24.0 Å². The third kappa shape index (κ3) is 1.53. The van der Waals surface area contributed by atoms with E-state index in [0.29, 0.717) is 5.92 Å². The lowest BCUT2D eigenvalue weighted by molar-refractivity contribution is 0.0703. The highest BCUT2D eigenvalue weighted by molar-refractivity contribution is 5.05. The fourth-order valence-corrected chi connectivity index (χ4v) is 1.94.